The number of hydrogen-bond acceptors (Lipinski definition) is 3. The fourth-order valence-corrected chi connectivity index (χ4v) is 1.34. The Hall–Kier alpha value is -1.10. The number of rotatable bonds is 0. The molecular formula is C6H2F2N2S. The van der Waals surface area contributed by atoms with Crippen LogP contribution in [0.3, 0.4) is 0 Å². The Kier molecular flexibility index (Phi) is 1.32. The maximum atomic E-state index is 12.5. The molecule has 0 fully saturated rings. The van der Waals surface area contributed by atoms with Gasteiger partial charge >= 0.3 is 0 Å². The van der Waals surface area contributed by atoms with Crippen LogP contribution in [-0.2, 0) is 0 Å². The van der Waals surface area contributed by atoms with Crippen molar-refractivity contribution >= 4 is 21.7 Å². The molecule has 56 valence electrons. The monoisotopic (exact) mass is 172 g/mol. The van der Waals surface area contributed by atoms with Crippen molar-refractivity contribution in [3.05, 3.63) is 23.8 Å². The van der Waals surface area contributed by atoms with E-state index >= 15 is 0 Å². The average molecular weight is 172 g/mol. The molecule has 0 aliphatic carbocycles. The Morgan fingerprint density at radius 2 is 1.91 bits per heavy atom. The third-order valence-corrected chi connectivity index (χ3v) is 1.98. The molecule has 5 heteroatoms. The number of benzene rings is 1. The number of nitrogens with zero attached hydrogens (tertiary/aromatic N) is 2. The van der Waals surface area contributed by atoms with E-state index in [1.807, 2.05) is 0 Å². The molecule has 0 aliphatic rings. The van der Waals surface area contributed by atoms with E-state index < -0.39 is 11.6 Å². The van der Waals surface area contributed by atoms with Gasteiger partial charge in [-0.1, -0.05) is 4.49 Å². The zero-order valence-electron chi connectivity index (χ0n) is 5.21. The number of halogens is 2. The molecule has 0 aliphatic heterocycles. The second kappa shape index (κ2) is 2.20. The minimum absolute atomic E-state index is 0.397. The fraction of sp³-hybridized carbons (Fsp3) is 0. The summed E-state index contributed by atoms with van der Waals surface area (Å²) >= 11 is 1.04. The molecule has 2 aromatic rings. The molecule has 2 rings (SSSR count). The molecule has 1 heterocycles. The fourth-order valence-electron chi connectivity index (χ4n) is 0.778. The van der Waals surface area contributed by atoms with Crippen LogP contribution >= 0.6 is 11.5 Å². The Morgan fingerprint density at radius 1 is 1.18 bits per heavy atom. The first-order valence-electron chi connectivity index (χ1n) is 2.84. The van der Waals surface area contributed by atoms with Gasteiger partial charge < -0.3 is 0 Å². The van der Waals surface area contributed by atoms with Crippen molar-refractivity contribution in [2.45, 2.75) is 0 Å². The normalized spacial score (nSPS) is 10.7. The second-order valence-corrected chi connectivity index (χ2v) is 2.79. The van der Waals surface area contributed by atoms with Gasteiger partial charge in [-0.3, -0.25) is 0 Å². The Morgan fingerprint density at radius 3 is 2.73 bits per heavy atom. The summed E-state index contributed by atoms with van der Waals surface area (Å²) in [5.41, 5.74) is 0.397. The Labute approximate surface area is 64.6 Å². The van der Waals surface area contributed by atoms with Crippen LogP contribution in [0.15, 0.2) is 12.1 Å². The average Bonchev–Trinajstić information content (AvgIpc) is 2.36. The van der Waals surface area contributed by atoms with Crippen LogP contribution in [0.5, 0.6) is 0 Å². The Balaban J connectivity index is 2.86. The van der Waals surface area contributed by atoms with Crippen LogP contribution in [0, 0.1) is 11.6 Å². The first kappa shape index (κ1) is 6.60. The SMILES string of the molecule is Fc1cc2nnsc2cc1F. The highest BCUT2D eigenvalue weighted by Gasteiger charge is 2.05. The third-order valence-electron chi connectivity index (χ3n) is 1.29. The predicted molar refractivity (Wildman–Crippen MR) is 37.3 cm³/mol. The predicted octanol–water partition coefficient (Wildman–Crippen LogP) is 1.97. The summed E-state index contributed by atoms with van der Waals surface area (Å²) in [5, 5.41) is 3.58. The highest BCUT2D eigenvalue weighted by atomic mass is 32.1. The van der Waals surface area contributed by atoms with Crippen molar-refractivity contribution < 1.29 is 8.78 Å². The van der Waals surface area contributed by atoms with Crippen LogP contribution in [0.4, 0.5) is 8.78 Å². The molecule has 0 spiro atoms. The molecule has 0 unspecified atom stereocenters. The van der Waals surface area contributed by atoms with E-state index in [4.69, 9.17) is 0 Å². The molecular weight excluding hydrogens is 170 g/mol. The molecule has 0 saturated heterocycles. The summed E-state index contributed by atoms with van der Waals surface area (Å²) < 4.78 is 29.1. The molecule has 0 bridgehead atoms. The lowest BCUT2D eigenvalue weighted by molar-refractivity contribution is 0.511. The van der Waals surface area contributed by atoms with Gasteiger partial charge in [0.15, 0.2) is 11.6 Å². The number of fused-ring (bicyclic) bond motifs is 1. The van der Waals surface area contributed by atoms with Gasteiger partial charge in [-0.2, -0.15) is 0 Å². The maximum Gasteiger partial charge on any atom is 0.161 e. The van der Waals surface area contributed by atoms with E-state index in [9.17, 15) is 8.78 Å². The van der Waals surface area contributed by atoms with Crippen molar-refractivity contribution in [2.24, 2.45) is 0 Å². The smallest absolute Gasteiger partial charge is 0.161 e. The molecule has 1 aromatic carbocycles. The van der Waals surface area contributed by atoms with Gasteiger partial charge in [0.2, 0.25) is 0 Å². The van der Waals surface area contributed by atoms with Crippen LogP contribution in [0.25, 0.3) is 10.2 Å². The summed E-state index contributed by atoms with van der Waals surface area (Å²) in [6.07, 6.45) is 0. The van der Waals surface area contributed by atoms with Gasteiger partial charge in [0.1, 0.15) is 5.52 Å². The van der Waals surface area contributed by atoms with E-state index in [1.54, 1.807) is 0 Å². The third kappa shape index (κ3) is 0.970. The van der Waals surface area contributed by atoms with Crippen LogP contribution in [0.2, 0.25) is 0 Å². The molecule has 2 nitrogen and oxygen atoms in total. The summed E-state index contributed by atoms with van der Waals surface area (Å²) in [4.78, 5) is 0. The molecule has 0 N–H and O–H groups in total. The second-order valence-electron chi connectivity index (χ2n) is 2.01. The molecule has 11 heavy (non-hydrogen) atoms. The largest absolute Gasteiger partial charge is 0.204 e. The van der Waals surface area contributed by atoms with Crippen molar-refractivity contribution in [2.75, 3.05) is 0 Å². The number of aromatic nitrogens is 2. The molecule has 0 atom stereocenters. The van der Waals surface area contributed by atoms with Gasteiger partial charge in [-0.25, -0.2) is 8.78 Å². The molecule has 0 radical (unpaired) electrons. The van der Waals surface area contributed by atoms with Crippen molar-refractivity contribution in [3.8, 4) is 0 Å². The molecule has 1 aromatic heterocycles. The summed E-state index contributed by atoms with van der Waals surface area (Å²) in [5.74, 6) is -1.74. The summed E-state index contributed by atoms with van der Waals surface area (Å²) in [6.45, 7) is 0. The van der Waals surface area contributed by atoms with Gasteiger partial charge in [-0.15, -0.1) is 5.10 Å². The lowest BCUT2D eigenvalue weighted by Crippen LogP contribution is -1.81. The molecule has 0 amide bonds. The quantitative estimate of drug-likeness (QED) is 0.607. The minimum Gasteiger partial charge on any atom is -0.204 e. The van der Waals surface area contributed by atoms with Crippen LogP contribution in [-0.4, -0.2) is 9.59 Å². The standard InChI is InChI=1S/C6H2F2N2S/c7-3-1-5-6(2-4(3)8)11-10-9-5/h1-2H. The number of hydrogen-bond donors (Lipinski definition) is 0. The van der Waals surface area contributed by atoms with Crippen molar-refractivity contribution in [1.82, 2.24) is 9.59 Å². The lowest BCUT2D eigenvalue weighted by Gasteiger charge is -1.88. The van der Waals surface area contributed by atoms with Gasteiger partial charge in [0.25, 0.3) is 0 Å². The zero-order valence-corrected chi connectivity index (χ0v) is 6.03. The van der Waals surface area contributed by atoms with Crippen LogP contribution < -0.4 is 0 Å². The van der Waals surface area contributed by atoms with Crippen molar-refractivity contribution in [3.63, 3.8) is 0 Å². The molecule has 0 saturated carbocycles. The topological polar surface area (TPSA) is 25.8 Å². The van der Waals surface area contributed by atoms with E-state index in [0.717, 1.165) is 23.7 Å². The lowest BCUT2D eigenvalue weighted by atomic mass is 10.3. The van der Waals surface area contributed by atoms with Crippen LogP contribution in [0.1, 0.15) is 0 Å². The highest BCUT2D eigenvalue weighted by Crippen LogP contribution is 2.18. The maximum absolute atomic E-state index is 12.5. The minimum atomic E-state index is -0.884. The van der Waals surface area contributed by atoms with E-state index in [0.29, 0.717) is 10.2 Å². The first-order valence-corrected chi connectivity index (χ1v) is 3.62. The van der Waals surface area contributed by atoms with Gasteiger partial charge in [-0.05, 0) is 17.6 Å². The zero-order chi connectivity index (χ0) is 7.84. The van der Waals surface area contributed by atoms with E-state index in [-0.39, 0.29) is 0 Å². The van der Waals surface area contributed by atoms with E-state index in [2.05, 4.69) is 9.59 Å². The van der Waals surface area contributed by atoms with Gasteiger partial charge in [0.05, 0.1) is 4.70 Å². The summed E-state index contributed by atoms with van der Waals surface area (Å²) in [7, 11) is 0. The van der Waals surface area contributed by atoms with Crippen molar-refractivity contribution in [1.29, 1.82) is 0 Å². The Bertz CT molecular complexity index is 362. The van der Waals surface area contributed by atoms with E-state index in [1.165, 1.54) is 0 Å². The first-order chi connectivity index (χ1) is 5.27. The summed E-state index contributed by atoms with van der Waals surface area (Å²) in [6, 6.07) is 2.13. The highest BCUT2D eigenvalue weighted by molar-refractivity contribution is 7.12. The van der Waals surface area contributed by atoms with Gasteiger partial charge in [0, 0.05) is 6.07 Å².